The summed E-state index contributed by atoms with van der Waals surface area (Å²) in [5.41, 5.74) is 2.80. The second kappa shape index (κ2) is 6.46. The Kier molecular flexibility index (Phi) is 4.15. The van der Waals surface area contributed by atoms with Crippen LogP contribution < -0.4 is 10.9 Å². The van der Waals surface area contributed by atoms with Gasteiger partial charge in [-0.05, 0) is 56.6 Å². The topological polar surface area (TPSA) is 81.8 Å². The molecule has 0 saturated heterocycles. The summed E-state index contributed by atoms with van der Waals surface area (Å²) in [6, 6.07) is 3.77. The van der Waals surface area contributed by atoms with E-state index in [-0.39, 0.29) is 23.6 Å². The van der Waals surface area contributed by atoms with E-state index in [1.807, 2.05) is 0 Å². The molecule has 2 aliphatic carbocycles. The minimum Gasteiger partial charge on any atom is -0.348 e. The highest BCUT2D eigenvalue weighted by atomic mass is 16.2. The van der Waals surface area contributed by atoms with Crippen LogP contribution in [0.15, 0.2) is 23.1 Å². The van der Waals surface area contributed by atoms with Gasteiger partial charge >= 0.3 is 0 Å². The molecule has 7 heteroatoms. The van der Waals surface area contributed by atoms with Gasteiger partial charge < -0.3 is 5.32 Å². The van der Waals surface area contributed by atoms with E-state index in [2.05, 4.69) is 15.5 Å². The van der Waals surface area contributed by atoms with Gasteiger partial charge in [0.15, 0.2) is 0 Å². The van der Waals surface area contributed by atoms with Crippen molar-refractivity contribution in [3.63, 3.8) is 0 Å². The molecule has 7 nitrogen and oxygen atoms in total. The lowest BCUT2D eigenvalue weighted by Gasteiger charge is -2.29. The summed E-state index contributed by atoms with van der Waals surface area (Å²) in [4.78, 5) is 24.6. The predicted octanol–water partition coefficient (Wildman–Crippen LogP) is 1.38. The highest BCUT2D eigenvalue weighted by molar-refractivity contribution is 5.92. The van der Waals surface area contributed by atoms with Crippen molar-refractivity contribution in [1.29, 1.82) is 0 Å². The third-order valence-corrected chi connectivity index (χ3v) is 5.41. The van der Waals surface area contributed by atoms with Gasteiger partial charge in [-0.25, -0.2) is 4.68 Å². The van der Waals surface area contributed by atoms with E-state index < -0.39 is 0 Å². The number of fused-ring (bicyclic) bond motifs is 1. The number of nitrogens with zero attached hydrogens (tertiary/aromatic N) is 4. The lowest BCUT2D eigenvalue weighted by Crippen LogP contribution is -2.40. The fourth-order valence-corrected chi connectivity index (χ4v) is 4.00. The molecule has 2 aromatic heterocycles. The van der Waals surface area contributed by atoms with Gasteiger partial charge in [-0.15, -0.1) is 0 Å². The first-order chi connectivity index (χ1) is 12.1. The van der Waals surface area contributed by atoms with E-state index in [4.69, 9.17) is 0 Å². The Balaban J connectivity index is 1.40. The number of rotatable bonds is 3. The number of carbonyl (C=O) groups excluding carboxylic acids is 1. The molecule has 2 heterocycles. The number of hydrogen-bond donors (Lipinski definition) is 1. The SMILES string of the molecule is Cn1nccc1C(=O)NC1CCC(n2nc3c(cc2=O)CCC3)CC1. The van der Waals surface area contributed by atoms with E-state index in [0.29, 0.717) is 5.69 Å². The van der Waals surface area contributed by atoms with Crippen LogP contribution >= 0.6 is 0 Å². The molecule has 25 heavy (non-hydrogen) atoms. The van der Waals surface area contributed by atoms with Crippen molar-refractivity contribution in [1.82, 2.24) is 24.9 Å². The van der Waals surface area contributed by atoms with Gasteiger partial charge in [0.25, 0.3) is 11.5 Å². The average Bonchev–Trinajstić information content (AvgIpc) is 3.23. The van der Waals surface area contributed by atoms with Crippen LogP contribution in [0.5, 0.6) is 0 Å². The zero-order chi connectivity index (χ0) is 17.4. The largest absolute Gasteiger partial charge is 0.348 e. The minimum absolute atomic E-state index is 0.0167. The third kappa shape index (κ3) is 3.10. The Morgan fingerprint density at radius 2 is 2.04 bits per heavy atom. The van der Waals surface area contributed by atoms with Gasteiger partial charge in [0, 0.05) is 25.4 Å². The molecule has 0 atom stereocenters. The molecule has 1 fully saturated rings. The maximum absolute atomic E-state index is 12.4. The van der Waals surface area contributed by atoms with Crippen LogP contribution in [0.25, 0.3) is 0 Å². The maximum Gasteiger partial charge on any atom is 0.269 e. The van der Waals surface area contributed by atoms with E-state index in [9.17, 15) is 9.59 Å². The Labute approximate surface area is 146 Å². The van der Waals surface area contributed by atoms with Crippen LogP contribution in [0.3, 0.4) is 0 Å². The van der Waals surface area contributed by atoms with Crippen LogP contribution in [0.4, 0.5) is 0 Å². The highest BCUT2D eigenvalue weighted by Crippen LogP contribution is 2.28. The summed E-state index contributed by atoms with van der Waals surface area (Å²) < 4.78 is 3.26. The Morgan fingerprint density at radius 3 is 2.76 bits per heavy atom. The highest BCUT2D eigenvalue weighted by Gasteiger charge is 2.26. The van der Waals surface area contributed by atoms with Gasteiger partial charge in [0.1, 0.15) is 5.69 Å². The molecule has 0 spiro atoms. The molecular weight excluding hydrogens is 318 g/mol. The lowest BCUT2D eigenvalue weighted by atomic mass is 9.91. The number of hydrogen-bond acceptors (Lipinski definition) is 4. The number of nitrogens with one attached hydrogen (secondary N) is 1. The second-order valence-electron chi connectivity index (χ2n) is 7.07. The fourth-order valence-electron chi connectivity index (χ4n) is 4.00. The summed E-state index contributed by atoms with van der Waals surface area (Å²) in [7, 11) is 1.76. The molecule has 132 valence electrons. The van der Waals surface area contributed by atoms with Crippen LogP contribution in [-0.4, -0.2) is 31.5 Å². The molecular formula is C18H23N5O2. The summed E-state index contributed by atoms with van der Waals surface area (Å²) in [5.74, 6) is -0.0868. The normalized spacial score (nSPS) is 22.6. The average molecular weight is 341 g/mol. The predicted molar refractivity (Wildman–Crippen MR) is 92.5 cm³/mol. The quantitative estimate of drug-likeness (QED) is 0.914. The molecule has 0 aliphatic heterocycles. The summed E-state index contributed by atoms with van der Waals surface area (Å²) in [6.07, 6.45) is 8.12. The molecule has 0 unspecified atom stereocenters. The smallest absolute Gasteiger partial charge is 0.269 e. The second-order valence-corrected chi connectivity index (χ2v) is 7.07. The monoisotopic (exact) mass is 341 g/mol. The zero-order valence-electron chi connectivity index (χ0n) is 14.4. The molecule has 1 amide bonds. The van der Waals surface area contributed by atoms with Gasteiger partial charge in [-0.3, -0.25) is 14.3 Å². The minimum atomic E-state index is -0.0868. The van der Waals surface area contributed by atoms with Crippen LogP contribution in [0.2, 0.25) is 0 Å². The van der Waals surface area contributed by atoms with Crippen molar-refractivity contribution in [2.45, 2.75) is 57.0 Å². The standard InChI is InChI=1S/C18H23N5O2/c1-22-16(9-10-19-22)18(25)20-13-5-7-14(8-6-13)23-17(24)11-12-3-2-4-15(12)21-23/h9-11,13-14H,2-8H2,1H3,(H,20,25). The summed E-state index contributed by atoms with van der Waals surface area (Å²) >= 11 is 0. The first-order valence-electron chi connectivity index (χ1n) is 9.02. The first kappa shape index (κ1) is 16.1. The van der Waals surface area contributed by atoms with Gasteiger partial charge in [-0.2, -0.15) is 10.2 Å². The van der Waals surface area contributed by atoms with E-state index in [0.717, 1.165) is 56.2 Å². The van der Waals surface area contributed by atoms with Crippen molar-refractivity contribution < 1.29 is 4.79 Å². The van der Waals surface area contributed by atoms with Gasteiger partial charge in [0.05, 0.1) is 11.7 Å². The number of carbonyl (C=O) groups is 1. The molecule has 0 aromatic carbocycles. The zero-order valence-corrected chi connectivity index (χ0v) is 14.4. The van der Waals surface area contributed by atoms with Crippen LogP contribution in [-0.2, 0) is 19.9 Å². The van der Waals surface area contributed by atoms with E-state index in [1.165, 1.54) is 0 Å². The van der Waals surface area contributed by atoms with Crippen molar-refractivity contribution in [2.24, 2.45) is 7.05 Å². The van der Waals surface area contributed by atoms with Crippen LogP contribution in [0.1, 0.15) is 59.9 Å². The number of aromatic nitrogens is 4. The molecule has 2 aromatic rings. The molecule has 1 saturated carbocycles. The van der Waals surface area contributed by atoms with E-state index >= 15 is 0 Å². The maximum atomic E-state index is 12.4. The van der Waals surface area contributed by atoms with Crippen molar-refractivity contribution >= 4 is 5.91 Å². The van der Waals surface area contributed by atoms with Crippen molar-refractivity contribution in [2.75, 3.05) is 0 Å². The van der Waals surface area contributed by atoms with Gasteiger partial charge in [0.2, 0.25) is 0 Å². The molecule has 2 aliphatic rings. The molecule has 0 bridgehead atoms. The summed E-state index contributed by atoms with van der Waals surface area (Å²) in [6.45, 7) is 0. The van der Waals surface area contributed by atoms with Gasteiger partial charge in [-0.1, -0.05) is 0 Å². The molecule has 0 radical (unpaired) electrons. The molecule has 4 rings (SSSR count). The Morgan fingerprint density at radius 1 is 1.24 bits per heavy atom. The Bertz CT molecular complexity index is 845. The van der Waals surface area contributed by atoms with E-state index in [1.54, 1.807) is 34.7 Å². The van der Waals surface area contributed by atoms with Crippen LogP contribution in [0, 0.1) is 0 Å². The fraction of sp³-hybridized carbons (Fsp3) is 0.556. The van der Waals surface area contributed by atoms with Crippen molar-refractivity contribution in [3.8, 4) is 0 Å². The first-order valence-corrected chi connectivity index (χ1v) is 9.02. The summed E-state index contributed by atoms with van der Waals surface area (Å²) in [5, 5.41) is 11.7. The van der Waals surface area contributed by atoms with Crippen molar-refractivity contribution in [3.05, 3.63) is 45.6 Å². The lowest BCUT2D eigenvalue weighted by molar-refractivity contribution is 0.0911. The third-order valence-electron chi connectivity index (χ3n) is 5.41. The number of amides is 1. The number of aryl methyl sites for hydroxylation is 3. The molecule has 1 N–H and O–H groups in total. The Hall–Kier alpha value is -2.44.